The van der Waals surface area contributed by atoms with E-state index in [1.807, 2.05) is 43.3 Å². The van der Waals surface area contributed by atoms with Crippen molar-refractivity contribution in [3.8, 4) is 28.4 Å². The Morgan fingerprint density at radius 1 is 0.750 bits per heavy atom. The molecule has 40 heavy (non-hydrogen) atoms. The van der Waals surface area contributed by atoms with Crippen LogP contribution in [0.5, 0.6) is 17.2 Å². The lowest BCUT2D eigenvalue weighted by atomic mass is 9.71. The van der Waals surface area contributed by atoms with Crippen LogP contribution in [-0.4, -0.2) is 32.3 Å². The monoisotopic (exact) mass is 546 g/mol. The molecular weight excluding hydrogens is 504 g/mol. The quantitative estimate of drug-likeness (QED) is 0.116. The Morgan fingerprint density at radius 2 is 1.27 bits per heavy atom. The van der Waals surface area contributed by atoms with Gasteiger partial charge in [-0.15, -0.1) is 0 Å². The highest BCUT2D eigenvalue weighted by Gasteiger charge is 2.39. The third kappa shape index (κ3) is 8.10. The number of hydrogen-bond acceptors (Lipinski definition) is 6. The highest BCUT2D eigenvalue weighted by Crippen LogP contribution is 2.37. The van der Waals surface area contributed by atoms with Crippen LogP contribution >= 0.6 is 0 Å². The largest absolute Gasteiger partial charge is 0.497 e. The number of rotatable bonds is 14. The predicted octanol–water partition coefficient (Wildman–Crippen LogP) is 7.99. The van der Waals surface area contributed by atoms with Gasteiger partial charge in [0.15, 0.2) is 0 Å². The average Bonchev–Trinajstić information content (AvgIpc) is 2.98. The maximum Gasteiger partial charge on any atom is 0.343 e. The van der Waals surface area contributed by atoms with Gasteiger partial charge in [-0.2, -0.15) is 0 Å². The summed E-state index contributed by atoms with van der Waals surface area (Å²) in [4.78, 5) is 25.6. The second-order valence-corrected chi connectivity index (χ2v) is 10.6. The van der Waals surface area contributed by atoms with Gasteiger partial charge < -0.3 is 18.9 Å². The number of ether oxygens (including phenoxy) is 4. The van der Waals surface area contributed by atoms with Crippen LogP contribution in [0.15, 0.2) is 72.8 Å². The third-order valence-electron chi connectivity index (χ3n) is 7.77. The van der Waals surface area contributed by atoms with Crippen molar-refractivity contribution in [2.75, 3.05) is 20.3 Å². The van der Waals surface area contributed by atoms with Gasteiger partial charge in [0.25, 0.3) is 0 Å². The summed E-state index contributed by atoms with van der Waals surface area (Å²) in [6.07, 6.45) is 2.92. The fourth-order valence-electron chi connectivity index (χ4n) is 4.54. The lowest BCUT2D eigenvalue weighted by Crippen LogP contribution is -2.37. The molecule has 6 heteroatoms. The van der Waals surface area contributed by atoms with Crippen LogP contribution in [0.1, 0.15) is 64.2 Å². The Labute approximate surface area is 238 Å². The average molecular weight is 547 g/mol. The molecule has 0 amide bonds. The molecule has 3 aromatic rings. The maximum absolute atomic E-state index is 12.9. The van der Waals surface area contributed by atoms with Crippen LogP contribution in [0, 0.1) is 17.3 Å². The Bertz CT molecular complexity index is 1210. The van der Waals surface area contributed by atoms with Crippen LogP contribution in [0.2, 0.25) is 0 Å². The third-order valence-corrected chi connectivity index (χ3v) is 7.77. The number of benzene rings is 3. The zero-order valence-electron chi connectivity index (χ0n) is 24.6. The first kappa shape index (κ1) is 30.7. The zero-order valence-corrected chi connectivity index (χ0v) is 24.6. The molecule has 3 rings (SSSR count). The Hall–Kier alpha value is -3.80. The van der Waals surface area contributed by atoms with E-state index in [1.54, 1.807) is 43.5 Å². The Morgan fingerprint density at radius 3 is 1.77 bits per heavy atom. The molecule has 0 fully saturated rings. The summed E-state index contributed by atoms with van der Waals surface area (Å²) in [7, 11) is 1.64. The summed E-state index contributed by atoms with van der Waals surface area (Å²) in [6.45, 7) is 10.9. The summed E-state index contributed by atoms with van der Waals surface area (Å²) in [6, 6.07) is 21.8. The van der Waals surface area contributed by atoms with Crippen LogP contribution in [0.25, 0.3) is 11.1 Å². The van der Waals surface area contributed by atoms with Crippen LogP contribution in [0.4, 0.5) is 0 Å². The van der Waals surface area contributed by atoms with Crippen LogP contribution < -0.4 is 14.2 Å². The summed E-state index contributed by atoms with van der Waals surface area (Å²) < 4.78 is 22.1. The van der Waals surface area contributed by atoms with Gasteiger partial charge >= 0.3 is 11.9 Å². The molecule has 0 aromatic heterocycles. The van der Waals surface area contributed by atoms with Gasteiger partial charge in [-0.25, -0.2) is 4.79 Å². The summed E-state index contributed by atoms with van der Waals surface area (Å²) in [5.74, 6) is 1.89. The maximum atomic E-state index is 12.9. The molecule has 214 valence electrons. The molecule has 0 aliphatic carbocycles. The molecule has 0 aliphatic rings. The highest BCUT2D eigenvalue weighted by atomic mass is 16.6. The molecule has 1 unspecified atom stereocenters. The van der Waals surface area contributed by atoms with E-state index in [0.29, 0.717) is 23.0 Å². The number of carbonyl (C=O) groups is 2. The molecule has 0 bridgehead atoms. The molecule has 3 aromatic carbocycles. The standard InChI is InChI=1S/C34H42O6/c1-7-25(8-2)23-34(5,24(3)4)33(36)39-22-21-38-30-17-13-28(14-18-30)32(35)40-31-19-11-27(12-20-31)26-9-15-29(37-6)16-10-26/h9-20,24-25H,7-8,21-23H2,1-6H3. The van der Waals surface area contributed by atoms with Crippen LogP contribution in [0.3, 0.4) is 0 Å². The van der Waals surface area contributed by atoms with Crippen molar-refractivity contribution in [1.82, 2.24) is 0 Å². The first-order valence-corrected chi connectivity index (χ1v) is 14.1. The van der Waals surface area contributed by atoms with Crippen molar-refractivity contribution >= 4 is 11.9 Å². The van der Waals surface area contributed by atoms with E-state index in [1.165, 1.54) is 0 Å². The van der Waals surface area contributed by atoms with E-state index < -0.39 is 11.4 Å². The number of carbonyl (C=O) groups excluding carboxylic acids is 2. The predicted molar refractivity (Wildman–Crippen MR) is 158 cm³/mol. The summed E-state index contributed by atoms with van der Waals surface area (Å²) in [5, 5.41) is 0. The molecule has 0 saturated carbocycles. The second-order valence-electron chi connectivity index (χ2n) is 10.6. The fraction of sp³-hybridized carbons (Fsp3) is 0.412. The molecule has 0 heterocycles. The van der Waals surface area contributed by atoms with E-state index in [4.69, 9.17) is 18.9 Å². The summed E-state index contributed by atoms with van der Waals surface area (Å²) >= 11 is 0. The normalized spacial score (nSPS) is 12.6. The van der Waals surface area contributed by atoms with E-state index >= 15 is 0 Å². The second kappa shape index (κ2) is 14.5. The Kier molecular flexibility index (Phi) is 11.2. The minimum absolute atomic E-state index is 0.167. The molecule has 6 nitrogen and oxygen atoms in total. The topological polar surface area (TPSA) is 71.1 Å². The molecule has 0 aliphatic heterocycles. The van der Waals surface area contributed by atoms with Crippen molar-refractivity contribution in [1.29, 1.82) is 0 Å². The minimum Gasteiger partial charge on any atom is -0.497 e. The first-order valence-electron chi connectivity index (χ1n) is 14.1. The number of hydrogen-bond donors (Lipinski definition) is 0. The van der Waals surface area contributed by atoms with Crippen LogP contribution in [-0.2, 0) is 9.53 Å². The van der Waals surface area contributed by atoms with Gasteiger partial charge in [-0.3, -0.25) is 4.79 Å². The smallest absolute Gasteiger partial charge is 0.343 e. The number of esters is 2. The molecule has 1 atom stereocenters. The van der Waals surface area contributed by atoms with E-state index in [-0.39, 0.29) is 25.1 Å². The Balaban J connectivity index is 1.48. The van der Waals surface area contributed by atoms with Gasteiger partial charge in [-0.1, -0.05) is 64.8 Å². The first-order chi connectivity index (χ1) is 19.2. The lowest BCUT2D eigenvalue weighted by molar-refractivity contribution is -0.160. The van der Waals surface area contributed by atoms with Gasteiger partial charge in [0, 0.05) is 0 Å². The molecule has 0 radical (unpaired) electrons. The van der Waals surface area contributed by atoms with Gasteiger partial charge in [0.2, 0.25) is 0 Å². The van der Waals surface area contributed by atoms with Crippen molar-refractivity contribution < 1.29 is 28.5 Å². The molecule has 0 N–H and O–H groups in total. The lowest BCUT2D eigenvalue weighted by Gasteiger charge is -2.34. The van der Waals surface area contributed by atoms with E-state index in [9.17, 15) is 9.59 Å². The van der Waals surface area contributed by atoms with Crippen molar-refractivity contribution in [2.45, 2.75) is 53.9 Å². The van der Waals surface area contributed by atoms with Crippen molar-refractivity contribution in [2.24, 2.45) is 17.3 Å². The van der Waals surface area contributed by atoms with E-state index in [2.05, 4.69) is 27.7 Å². The number of methoxy groups -OCH3 is 1. The van der Waals surface area contributed by atoms with Crippen molar-refractivity contribution in [3.05, 3.63) is 78.4 Å². The molecular formula is C34H42O6. The van der Waals surface area contributed by atoms with Crippen molar-refractivity contribution in [3.63, 3.8) is 0 Å². The molecule has 0 saturated heterocycles. The highest BCUT2D eigenvalue weighted by molar-refractivity contribution is 5.91. The van der Waals surface area contributed by atoms with Gasteiger partial charge in [0.1, 0.15) is 30.5 Å². The SMILES string of the molecule is CCC(CC)CC(C)(C(=O)OCCOc1ccc(C(=O)Oc2ccc(-c3ccc(OC)cc3)cc2)cc1)C(C)C. The van der Waals surface area contributed by atoms with Gasteiger partial charge in [0.05, 0.1) is 18.1 Å². The fourth-order valence-corrected chi connectivity index (χ4v) is 4.54. The minimum atomic E-state index is -0.519. The zero-order chi connectivity index (χ0) is 29.1. The van der Waals surface area contributed by atoms with Gasteiger partial charge in [-0.05, 0) is 84.8 Å². The molecule has 0 spiro atoms. The van der Waals surface area contributed by atoms with E-state index in [0.717, 1.165) is 36.1 Å². The summed E-state index contributed by atoms with van der Waals surface area (Å²) in [5.41, 5.74) is 1.94.